The first-order valence-corrected chi connectivity index (χ1v) is 10.3. The Balaban J connectivity index is 0.000000283. The fourth-order valence-corrected chi connectivity index (χ4v) is 2.58. The van der Waals surface area contributed by atoms with Gasteiger partial charge in [-0.1, -0.05) is 36.4 Å². The summed E-state index contributed by atoms with van der Waals surface area (Å²) in [7, 11) is 0. The minimum Gasteiger partial charge on any atom is -0.507 e. The second-order valence-corrected chi connectivity index (χ2v) is 6.68. The SMILES string of the molecule is O=C(OCCO)c1ccccc1O.O=C(OCCOC(=O)c1ccccc1O)c1ccccc1O. The topological polar surface area (TPSA) is 160 Å². The van der Waals surface area contributed by atoms with Crippen LogP contribution in [0.1, 0.15) is 31.1 Å². The van der Waals surface area contributed by atoms with Crippen LogP contribution >= 0.6 is 0 Å². The highest BCUT2D eigenvalue weighted by Crippen LogP contribution is 2.18. The molecule has 0 radical (unpaired) electrons. The number of esters is 3. The lowest BCUT2D eigenvalue weighted by Gasteiger charge is -2.08. The maximum Gasteiger partial charge on any atom is 0.342 e. The Hall–Kier alpha value is -4.57. The van der Waals surface area contributed by atoms with Crippen LogP contribution in [0.2, 0.25) is 0 Å². The van der Waals surface area contributed by atoms with E-state index in [4.69, 9.17) is 14.6 Å². The maximum absolute atomic E-state index is 11.7. The molecule has 0 amide bonds. The first-order valence-electron chi connectivity index (χ1n) is 10.3. The molecule has 184 valence electrons. The van der Waals surface area contributed by atoms with E-state index in [9.17, 15) is 29.7 Å². The monoisotopic (exact) mass is 484 g/mol. The molecular formula is C25H24O10. The molecule has 0 fully saturated rings. The molecule has 3 aromatic carbocycles. The van der Waals surface area contributed by atoms with Crippen molar-refractivity contribution in [3.8, 4) is 17.2 Å². The van der Waals surface area contributed by atoms with Crippen LogP contribution in [0.25, 0.3) is 0 Å². The van der Waals surface area contributed by atoms with Gasteiger partial charge in [0, 0.05) is 0 Å². The fourth-order valence-electron chi connectivity index (χ4n) is 2.58. The molecule has 0 spiro atoms. The first kappa shape index (κ1) is 26.7. The van der Waals surface area contributed by atoms with Crippen LogP contribution in [-0.2, 0) is 14.2 Å². The summed E-state index contributed by atoms with van der Waals surface area (Å²) in [4.78, 5) is 34.5. The molecule has 4 N–H and O–H groups in total. The lowest BCUT2D eigenvalue weighted by atomic mass is 10.2. The van der Waals surface area contributed by atoms with E-state index in [0.717, 1.165) is 0 Å². The van der Waals surface area contributed by atoms with Gasteiger partial charge in [0.05, 0.1) is 6.61 Å². The summed E-state index contributed by atoms with van der Waals surface area (Å²) in [6.45, 7) is -0.606. The van der Waals surface area contributed by atoms with Crippen molar-refractivity contribution in [3.05, 3.63) is 89.5 Å². The van der Waals surface area contributed by atoms with Gasteiger partial charge in [-0.15, -0.1) is 0 Å². The van der Waals surface area contributed by atoms with Crippen molar-refractivity contribution in [3.63, 3.8) is 0 Å². The Morgan fingerprint density at radius 1 is 0.514 bits per heavy atom. The number of phenols is 3. The number of carbonyl (C=O) groups is 3. The van der Waals surface area contributed by atoms with Crippen molar-refractivity contribution in [2.45, 2.75) is 0 Å². The van der Waals surface area contributed by atoms with Gasteiger partial charge in [0.25, 0.3) is 0 Å². The zero-order valence-corrected chi connectivity index (χ0v) is 18.5. The predicted molar refractivity (Wildman–Crippen MR) is 122 cm³/mol. The Kier molecular flexibility index (Phi) is 10.6. The van der Waals surface area contributed by atoms with E-state index < -0.39 is 17.9 Å². The third kappa shape index (κ3) is 8.37. The standard InChI is InChI=1S/C16H14O6.C9H10O4/c17-13-7-3-1-5-11(13)15(19)21-9-10-22-16(20)12-6-2-4-8-14(12)18;10-5-6-13-9(12)7-3-1-2-4-8(7)11/h1-8,17-18H,9-10H2;1-4,10-11H,5-6H2. The van der Waals surface area contributed by atoms with Crippen molar-refractivity contribution in [1.82, 2.24) is 0 Å². The van der Waals surface area contributed by atoms with Crippen LogP contribution in [0.4, 0.5) is 0 Å². The normalized spacial score (nSPS) is 9.86. The molecule has 0 bridgehead atoms. The van der Waals surface area contributed by atoms with Gasteiger partial charge in [0.15, 0.2) is 0 Å². The second kappa shape index (κ2) is 13.9. The molecule has 0 atom stereocenters. The van der Waals surface area contributed by atoms with Gasteiger partial charge in [-0.25, -0.2) is 14.4 Å². The summed E-state index contributed by atoms with van der Waals surface area (Å²) >= 11 is 0. The molecule has 10 heteroatoms. The Morgan fingerprint density at radius 3 is 1.09 bits per heavy atom. The molecule has 0 unspecified atom stereocenters. The molecule has 0 aliphatic heterocycles. The molecule has 10 nitrogen and oxygen atoms in total. The highest BCUT2D eigenvalue weighted by Gasteiger charge is 2.14. The molecule has 0 saturated carbocycles. The molecule has 0 saturated heterocycles. The number of aliphatic hydroxyl groups excluding tert-OH is 1. The van der Waals surface area contributed by atoms with Gasteiger partial charge < -0.3 is 34.6 Å². The number of carbonyl (C=O) groups excluding carboxylic acids is 3. The number of hydrogen-bond acceptors (Lipinski definition) is 10. The van der Waals surface area contributed by atoms with Crippen molar-refractivity contribution in [1.29, 1.82) is 0 Å². The molecule has 35 heavy (non-hydrogen) atoms. The van der Waals surface area contributed by atoms with E-state index in [2.05, 4.69) is 4.74 Å². The summed E-state index contributed by atoms with van der Waals surface area (Å²) in [6.07, 6.45) is 0. The van der Waals surface area contributed by atoms with E-state index in [0.29, 0.717) is 0 Å². The van der Waals surface area contributed by atoms with E-state index in [1.54, 1.807) is 36.4 Å². The van der Waals surface area contributed by atoms with Crippen LogP contribution in [0, 0.1) is 0 Å². The minimum absolute atomic E-state index is 0.0366. The first-order chi connectivity index (χ1) is 16.8. The van der Waals surface area contributed by atoms with Gasteiger partial charge in [-0.2, -0.15) is 0 Å². The van der Waals surface area contributed by atoms with E-state index in [1.807, 2.05) is 0 Å². The van der Waals surface area contributed by atoms with Gasteiger partial charge >= 0.3 is 17.9 Å². The largest absolute Gasteiger partial charge is 0.507 e. The third-order valence-corrected chi connectivity index (χ3v) is 4.25. The van der Waals surface area contributed by atoms with Crippen LogP contribution in [0.15, 0.2) is 72.8 Å². The van der Waals surface area contributed by atoms with Crippen molar-refractivity contribution >= 4 is 17.9 Å². The molecule has 0 aromatic heterocycles. The maximum atomic E-state index is 11.7. The number of ether oxygens (including phenoxy) is 3. The van der Waals surface area contributed by atoms with Crippen molar-refractivity contribution in [2.75, 3.05) is 26.4 Å². The zero-order chi connectivity index (χ0) is 25.6. The van der Waals surface area contributed by atoms with Crippen LogP contribution < -0.4 is 0 Å². The molecule has 3 rings (SSSR count). The lowest BCUT2D eigenvalue weighted by Crippen LogP contribution is -2.14. The van der Waals surface area contributed by atoms with Gasteiger partial charge in [-0.05, 0) is 36.4 Å². The van der Waals surface area contributed by atoms with Crippen molar-refractivity contribution in [2.24, 2.45) is 0 Å². The summed E-state index contributed by atoms with van der Waals surface area (Å²) < 4.78 is 14.4. The summed E-state index contributed by atoms with van der Waals surface area (Å²) in [5.74, 6) is -2.54. The Labute approximate surface area is 200 Å². The van der Waals surface area contributed by atoms with Gasteiger partial charge in [0.1, 0.15) is 53.8 Å². The Bertz CT molecular complexity index is 1080. The Morgan fingerprint density at radius 2 is 0.800 bits per heavy atom. The van der Waals surface area contributed by atoms with Gasteiger partial charge in [-0.3, -0.25) is 0 Å². The van der Waals surface area contributed by atoms with E-state index in [1.165, 1.54) is 36.4 Å². The number of hydrogen-bond donors (Lipinski definition) is 4. The van der Waals surface area contributed by atoms with E-state index >= 15 is 0 Å². The fraction of sp³-hybridized carbons (Fsp3) is 0.160. The zero-order valence-electron chi connectivity index (χ0n) is 18.5. The molecule has 0 aliphatic rings. The predicted octanol–water partition coefficient (Wildman–Crippen LogP) is 2.65. The number of rotatable bonds is 8. The van der Waals surface area contributed by atoms with Crippen molar-refractivity contribution < 1.29 is 49.0 Å². The highest BCUT2D eigenvalue weighted by molar-refractivity contribution is 5.93. The molecule has 0 heterocycles. The quantitative estimate of drug-likeness (QED) is 0.213. The number of aliphatic hydroxyl groups is 1. The summed E-state index contributed by atoms with van der Waals surface area (Å²) in [5, 5.41) is 36.6. The molecular weight excluding hydrogens is 460 g/mol. The van der Waals surface area contributed by atoms with E-state index in [-0.39, 0.29) is 60.4 Å². The number of benzene rings is 3. The average molecular weight is 484 g/mol. The minimum atomic E-state index is -0.711. The second-order valence-electron chi connectivity index (χ2n) is 6.68. The number of phenolic OH excluding ortho intramolecular Hbond substituents is 3. The lowest BCUT2D eigenvalue weighted by molar-refractivity contribution is 0.0262. The molecule has 0 aliphatic carbocycles. The van der Waals surface area contributed by atoms with Crippen LogP contribution in [0.5, 0.6) is 17.2 Å². The number of para-hydroxylation sites is 3. The highest BCUT2D eigenvalue weighted by atomic mass is 16.6. The smallest absolute Gasteiger partial charge is 0.342 e. The van der Waals surface area contributed by atoms with Gasteiger partial charge in [0.2, 0.25) is 0 Å². The van der Waals surface area contributed by atoms with Crippen LogP contribution in [0.3, 0.4) is 0 Å². The summed E-state index contributed by atoms with van der Waals surface area (Å²) in [6, 6.07) is 18.0. The number of aromatic hydroxyl groups is 3. The summed E-state index contributed by atoms with van der Waals surface area (Å²) in [5.41, 5.74) is 0.181. The molecule has 3 aromatic rings. The van der Waals surface area contributed by atoms with Crippen LogP contribution in [-0.4, -0.2) is 64.8 Å². The third-order valence-electron chi connectivity index (χ3n) is 4.25. The average Bonchev–Trinajstić information content (AvgIpc) is 2.86.